The Balaban J connectivity index is 3.35. The monoisotopic (exact) mass is 316 g/mol. The van der Waals surface area contributed by atoms with Crippen molar-refractivity contribution in [2.75, 3.05) is 13.1 Å². The van der Waals surface area contributed by atoms with Crippen molar-refractivity contribution in [2.45, 2.75) is 50.5 Å². The number of benzene rings is 1. The van der Waals surface area contributed by atoms with Crippen LogP contribution in [0.4, 0.5) is 4.39 Å². The summed E-state index contributed by atoms with van der Waals surface area (Å²) >= 11 is 0. The molecule has 2 N–H and O–H groups in total. The molecule has 0 saturated carbocycles. The van der Waals surface area contributed by atoms with Gasteiger partial charge in [0.1, 0.15) is 5.82 Å². The number of hydrogen-bond donors (Lipinski definition) is 1. The van der Waals surface area contributed by atoms with Gasteiger partial charge < -0.3 is 5.73 Å². The Hall–Kier alpha value is -0.980. The molecule has 1 rings (SSSR count). The van der Waals surface area contributed by atoms with Gasteiger partial charge in [0.2, 0.25) is 10.0 Å². The van der Waals surface area contributed by atoms with E-state index in [-0.39, 0.29) is 11.4 Å². The van der Waals surface area contributed by atoms with E-state index in [9.17, 15) is 12.8 Å². The molecule has 0 aliphatic rings. The van der Waals surface area contributed by atoms with Gasteiger partial charge in [-0.2, -0.15) is 4.31 Å². The van der Waals surface area contributed by atoms with Crippen LogP contribution in [0, 0.1) is 5.82 Å². The van der Waals surface area contributed by atoms with Crippen LogP contribution in [0.2, 0.25) is 0 Å². The first kappa shape index (κ1) is 18.1. The standard InChI is InChI=1S/C15H25FN2O2S/c1-4-11-18(15(5-2,6-3)12-17)21(19,20)14-9-7-13(16)8-10-14/h7-10H,4-6,11-12,17H2,1-3H3. The van der Waals surface area contributed by atoms with Crippen LogP contribution in [0.3, 0.4) is 0 Å². The highest BCUT2D eigenvalue weighted by molar-refractivity contribution is 7.89. The quantitative estimate of drug-likeness (QED) is 0.802. The van der Waals surface area contributed by atoms with Crippen molar-refractivity contribution in [2.24, 2.45) is 5.73 Å². The number of hydrogen-bond acceptors (Lipinski definition) is 3. The minimum Gasteiger partial charge on any atom is -0.329 e. The highest BCUT2D eigenvalue weighted by atomic mass is 32.2. The third-order valence-corrected chi connectivity index (χ3v) is 6.07. The molecule has 0 aliphatic carbocycles. The molecule has 0 radical (unpaired) electrons. The largest absolute Gasteiger partial charge is 0.329 e. The van der Waals surface area contributed by atoms with Crippen molar-refractivity contribution < 1.29 is 12.8 Å². The molecule has 0 fully saturated rings. The van der Waals surface area contributed by atoms with Crippen LogP contribution >= 0.6 is 0 Å². The molecule has 0 atom stereocenters. The van der Waals surface area contributed by atoms with Gasteiger partial charge in [0, 0.05) is 18.6 Å². The van der Waals surface area contributed by atoms with Crippen LogP contribution in [0.25, 0.3) is 0 Å². The minimum absolute atomic E-state index is 0.108. The lowest BCUT2D eigenvalue weighted by atomic mass is 9.93. The highest BCUT2D eigenvalue weighted by Gasteiger charge is 2.40. The summed E-state index contributed by atoms with van der Waals surface area (Å²) in [5.74, 6) is -0.452. The molecule has 0 aliphatic heterocycles. The highest BCUT2D eigenvalue weighted by Crippen LogP contribution is 2.30. The molecule has 0 saturated heterocycles. The predicted molar refractivity (Wildman–Crippen MR) is 83.0 cm³/mol. The van der Waals surface area contributed by atoms with E-state index in [0.717, 1.165) is 0 Å². The van der Waals surface area contributed by atoms with Gasteiger partial charge in [-0.05, 0) is 43.5 Å². The zero-order chi connectivity index (χ0) is 16.1. The van der Waals surface area contributed by atoms with E-state index in [1.165, 1.54) is 28.6 Å². The Morgan fingerprint density at radius 1 is 1.14 bits per heavy atom. The number of sulfonamides is 1. The first-order valence-electron chi connectivity index (χ1n) is 7.36. The molecule has 0 heterocycles. The van der Waals surface area contributed by atoms with Gasteiger partial charge in [-0.1, -0.05) is 20.8 Å². The third kappa shape index (κ3) is 3.62. The molecule has 21 heavy (non-hydrogen) atoms. The summed E-state index contributed by atoms with van der Waals surface area (Å²) in [5, 5.41) is 0. The number of halogens is 1. The average Bonchev–Trinajstić information content (AvgIpc) is 2.49. The summed E-state index contributed by atoms with van der Waals surface area (Å²) in [6.07, 6.45) is 1.98. The van der Waals surface area contributed by atoms with E-state index < -0.39 is 21.4 Å². The van der Waals surface area contributed by atoms with Gasteiger partial charge in [-0.25, -0.2) is 12.8 Å². The maximum absolute atomic E-state index is 13.0. The SMILES string of the molecule is CCCN(C(CC)(CC)CN)S(=O)(=O)c1ccc(F)cc1. The topological polar surface area (TPSA) is 63.4 Å². The fourth-order valence-electron chi connectivity index (χ4n) is 2.54. The molecule has 1 aromatic carbocycles. The summed E-state index contributed by atoms with van der Waals surface area (Å²) in [6, 6.07) is 4.94. The average molecular weight is 316 g/mol. The second-order valence-electron chi connectivity index (χ2n) is 5.17. The van der Waals surface area contributed by atoms with Crippen molar-refractivity contribution in [3.63, 3.8) is 0 Å². The number of rotatable bonds is 8. The van der Waals surface area contributed by atoms with Crippen LogP contribution in [-0.4, -0.2) is 31.4 Å². The Morgan fingerprint density at radius 3 is 2.05 bits per heavy atom. The van der Waals surface area contributed by atoms with Crippen molar-refractivity contribution in [3.05, 3.63) is 30.1 Å². The predicted octanol–water partition coefficient (Wildman–Crippen LogP) is 2.74. The zero-order valence-corrected chi connectivity index (χ0v) is 13.8. The van der Waals surface area contributed by atoms with Gasteiger partial charge in [-0.3, -0.25) is 0 Å². The van der Waals surface area contributed by atoms with E-state index in [1.54, 1.807) is 0 Å². The Labute approximate surface area is 127 Å². The third-order valence-electron chi connectivity index (χ3n) is 4.05. The summed E-state index contributed by atoms with van der Waals surface area (Å²) in [6.45, 7) is 6.48. The second-order valence-corrected chi connectivity index (χ2v) is 7.03. The second kappa shape index (κ2) is 7.33. The molecular weight excluding hydrogens is 291 g/mol. The van der Waals surface area contributed by atoms with Gasteiger partial charge in [-0.15, -0.1) is 0 Å². The first-order valence-corrected chi connectivity index (χ1v) is 8.80. The summed E-state index contributed by atoms with van der Waals surface area (Å²) < 4.78 is 40.3. The zero-order valence-electron chi connectivity index (χ0n) is 13.0. The molecule has 0 amide bonds. The molecule has 1 aromatic rings. The van der Waals surface area contributed by atoms with Gasteiger partial charge >= 0.3 is 0 Å². The maximum Gasteiger partial charge on any atom is 0.243 e. The van der Waals surface area contributed by atoms with E-state index in [2.05, 4.69) is 0 Å². The van der Waals surface area contributed by atoms with E-state index in [4.69, 9.17) is 5.73 Å². The Kier molecular flexibility index (Phi) is 6.31. The molecule has 0 aromatic heterocycles. The van der Waals surface area contributed by atoms with Crippen molar-refractivity contribution >= 4 is 10.0 Å². The summed E-state index contributed by atoms with van der Waals surface area (Å²) in [7, 11) is -3.69. The van der Waals surface area contributed by atoms with Crippen LogP contribution < -0.4 is 5.73 Å². The normalized spacial score (nSPS) is 12.9. The lowest BCUT2D eigenvalue weighted by molar-refractivity contribution is 0.177. The van der Waals surface area contributed by atoms with Gasteiger partial charge in [0.25, 0.3) is 0 Å². The molecule has 120 valence electrons. The molecule has 0 spiro atoms. The van der Waals surface area contributed by atoms with Gasteiger partial charge in [0.05, 0.1) is 4.90 Å². The summed E-state index contributed by atoms with van der Waals surface area (Å²) in [5.41, 5.74) is 5.30. The molecular formula is C15H25FN2O2S. The summed E-state index contributed by atoms with van der Waals surface area (Å²) in [4.78, 5) is 0.108. The minimum atomic E-state index is -3.69. The van der Waals surface area contributed by atoms with Gasteiger partial charge in [0.15, 0.2) is 0 Å². The van der Waals surface area contributed by atoms with Crippen molar-refractivity contribution in [3.8, 4) is 0 Å². The maximum atomic E-state index is 13.0. The fourth-order valence-corrected chi connectivity index (χ4v) is 4.54. The van der Waals surface area contributed by atoms with E-state index in [1.807, 2.05) is 20.8 Å². The van der Waals surface area contributed by atoms with E-state index in [0.29, 0.717) is 25.8 Å². The van der Waals surface area contributed by atoms with Crippen LogP contribution in [0.15, 0.2) is 29.2 Å². The Morgan fingerprint density at radius 2 is 1.67 bits per heavy atom. The molecule has 0 unspecified atom stereocenters. The van der Waals surface area contributed by atoms with Crippen molar-refractivity contribution in [1.82, 2.24) is 4.31 Å². The lowest BCUT2D eigenvalue weighted by Crippen LogP contribution is -2.55. The lowest BCUT2D eigenvalue weighted by Gasteiger charge is -2.41. The number of nitrogens with two attached hydrogens (primary N) is 1. The number of nitrogens with zero attached hydrogens (tertiary/aromatic N) is 1. The first-order chi connectivity index (χ1) is 9.87. The fraction of sp³-hybridized carbons (Fsp3) is 0.600. The van der Waals surface area contributed by atoms with Crippen molar-refractivity contribution in [1.29, 1.82) is 0 Å². The molecule has 4 nitrogen and oxygen atoms in total. The smallest absolute Gasteiger partial charge is 0.243 e. The van der Waals surface area contributed by atoms with Crippen LogP contribution in [-0.2, 0) is 10.0 Å². The molecule has 6 heteroatoms. The van der Waals surface area contributed by atoms with Crippen LogP contribution in [0.5, 0.6) is 0 Å². The van der Waals surface area contributed by atoms with E-state index >= 15 is 0 Å². The van der Waals surface area contributed by atoms with Crippen LogP contribution in [0.1, 0.15) is 40.0 Å². The Bertz CT molecular complexity index is 531. The molecule has 0 bridgehead atoms.